The lowest BCUT2D eigenvalue weighted by Crippen LogP contribution is -2.48. The first-order valence-corrected chi connectivity index (χ1v) is 3.85. The molecule has 62 valence electrons. The number of hydrogen-bond acceptors (Lipinski definition) is 4. The summed E-state index contributed by atoms with van der Waals surface area (Å²) >= 11 is 0. The second-order valence-electron chi connectivity index (χ2n) is 2.61. The molecule has 2 aliphatic heterocycles. The minimum atomic E-state index is 0.198. The lowest BCUT2D eigenvalue weighted by molar-refractivity contribution is 0.619. The summed E-state index contributed by atoms with van der Waals surface area (Å²) in [5.74, 6) is 0. The predicted molar refractivity (Wildman–Crippen MR) is 49.1 cm³/mol. The van der Waals surface area contributed by atoms with Gasteiger partial charge in [0.2, 0.25) is 0 Å². The Morgan fingerprint density at radius 3 is 1.67 bits per heavy atom. The van der Waals surface area contributed by atoms with Crippen LogP contribution < -0.4 is 10.6 Å². The highest BCUT2D eigenvalue weighted by Crippen LogP contribution is 1.97. The minimum Gasteiger partial charge on any atom is -0.380 e. The molecule has 2 atom stereocenters. The number of aliphatic imine (C=N–C) groups is 2. The van der Waals surface area contributed by atoms with E-state index in [9.17, 15) is 0 Å². The molecule has 0 aromatic heterocycles. The highest BCUT2D eigenvalue weighted by molar-refractivity contribution is 5.78. The van der Waals surface area contributed by atoms with Crippen LogP contribution in [0.2, 0.25) is 0 Å². The first kappa shape index (κ1) is 7.09. The number of nitrogens with one attached hydrogen (secondary N) is 2. The molecule has 0 fully saturated rings. The van der Waals surface area contributed by atoms with Crippen LogP contribution in [0.25, 0.3) is 0 Å². The van der Waals surface area contributed by atoms with Gasteiger partial charge in [0.05, 0.1) is 12.1 Å². The van der Waals surface area contributed by atoms with Crippen LogP contribution in [-0.2, 0) is 0 Å². The Balaban J connectivity index is 2.01. The van der Waals surface area contributed by atoms with Crippen molar-refractivity contribution >= 4 is 12.4 Å². The van der Waals surface area contributed by atoms with Gasteiger partial charge in [0.25, 0.3) is 0 Å². The molecule has 2 unspecified atom stereocenters. The highest BCUT2D eigenvalue weighted by atomic mass is 15.0. The van der Waals surface area contributed by atoms with Crippen molar-refractivity contribution in [2.45, 2.75) is 12.1 Å². The van der Waals surface area contributed by atoms with E-state index in [4.69, 9.17) is 0 Å². The number of nitrogens with zero attached hydrogens (tertiary/aromatic N) is 2. The summed E-state index contributed by atoms with van der Waals surface area (Å²) in [4.78, 5) is 8.08. The first-order chi connectivity index (χ1) is 5.97. The summed E-state index contributed by atoms with van der Waals surface area (Å²) < 4.78 is 0. The van der Waals surface area contributed by atoms with Gasteiger partial charge in [-0.15, -0.1) is 0 Å². The topological polar surface area (TPSA) is 48.8 Å². The Labute approximate surface area is 70.8 Å². The van der Waals surface area contributed by atoms with Crippen molar-refractivity contribution in [2.24, 2.45) is 9.98 Å². The normalized spacial score (nSPS) is 31.3. The number of hydrogen-bond donors (Lipinski definition) is 2. The molecule has 0 bridgehead atoms. The summed E-state index contributed by atoms with van der Waals surface area (Å²) in [6, 6.07) is 0.396. The van der Waals surface area contributed by atoms with Crippen LogP contribution in [0.1, 0.15) is 0 Å². The van der Waals surface area contributed by atoms with Crippen LogP contribution in [0.15, 0.2) is 34.8 Å². The molecule has 4 heteroatoms. The first-order valence-electron chi connectivity index (χ1n) is 3.85. The van der Waals surface area contributed by atoms with Gasteiger partial charge in [-0.3, -0.25) is 9.98 Å². The summed E-state index contributed by atoms with van der Waals surface area (Å²) in [7, 11) is 0. The molecule has 2 rings (SSSR count). The Morgan fingerprint density at radius 1 is 0.833 bits per heavy atom. The maximum atomic E-state index is 4.04. The molecule has 2 aliphatic rings. The molecule has 0 aromatic carbocycles. The summed E-state index contributed by atoms with van der Waals surface area (Å²) in [5.41, 5.74) is 0. The standard InChI is InChI=1S/C8H10N4/c1-3-11-7(5-9-1)8-6-10-2-4-12-8/h1-8,11-12H. The Morgan fingerprint density at radius 2 is 1.33 bits per heavy atom. The molecule has 0 saturated heterocycles. The molecular formula is C8H10N4. The lowest BCUT2D eigenvalue weighted by atomic mass is 10.1. The zero-order valence-electron chi connectivity index (χ0n) is 6.51. The van der Waals surface area contributed by atoms with E-state index in [2.05, 4.69) is 20.6 Å². The van der Waals surface area contributed by atoms with Crippen molar-refractivity contribution in [1.82, 2.24) is 10.6 Å². The van der Waals surface area contributed by atoms with Crippen LogP contribution >= 0.6 is 0 Å². The third-order valence-corrected chi connectivity index (χ3v) is 1.78. The Kier molecular flexibility index (Phi) is 1.90. The lowest BCUT2D eigenvalue weighted by Gasteiger charge is -2.23. The van der Waals surface area contributed by atoms with Crippen molar-refractivity contribution in [1.29, 1.82) is 0 Å². The second-order valence-corrected chi connectivity index (χ2v) is 2.61. The van der Waals surface area contributed by atoms with Gasteiger partial charge in [-0.2, -0.15) is 0 Å². The van der Waals surface area contributed by atoms with Crippen LogP contribution in [-0.4, -0.2) is 24.5 Å². The van der Waals surface area contributed by atoms with Crippen LogP contribution in [0.5, 0.6) is 0 Å². The fraction of sp³-hybridized carbons (Fsp3) is 0.250. The van der Waals surface area contributed by atoms with Crippen molar-refractivity contribution in [3.8, 4) is 0 Å². The second kappa shape index (κ2) is 3.21. The maximum absolute atomic E-state index is 4.04. The van der Waals surface area contributed by atoms with Gasteiger partial charge < -0.3 is 10.6 Å². The molecule has 0 aliphatic carbocycles. The van der Waals surface area contributed by atoms with E-state index in [0.717, 1.165) is 0 Å². The molecule has 2 N–H and O–H groups in total. The molecule has 12 heavy (non-hydrogen) atoms. The Hall–Kier alpha value is -1.58. The van der Waals surface area contributed by atoms with Gasteiger partial charge in [0, 0.05) is 37.2 Å². The molecule has 0 radical (unpaired) electrons. The third kappa shape index (κ3) is 1.37. The molecule has 0 saturated carbocycles. The van der Waals surface area contributed by atoms with Gasteiger partial charge in [-0.1, -0.05) is 0 Å². The Bertz CT molecular complexity index is 236. The highest BCUT2D eigenvalue weighted by Gasteiger charge is 2.17. The van der Waals surface area contributed by atoms with E-state index in [0.29, 0.717) is 0 Å². The van der Waals surface area contributed by atoms with E-state index in [1.165, 1.54) is 0 Å². The van der Waals surface area contributed by atoms with Crippen molar-refractivity contribution in [3.05, 3.63) is 24.8 Å². The van der Waals surface area contributed by atoms with Crippen molar-refractivity contribution in [2.75, 3.05) is 0 Å². The molecular weight excluding hydrogens is 152 g/mol. The van der Waals surface area contributed by atoms with Crippen molar-refractivity contribution < 1.29 is 0 Å². The summed E-state index contributed by atoms with van der Waals surface area (Å²) in [6.45, 7) is 0. The molecule has 4 nitrogen and oxygen atoms in total. The molecule has 0 aromatic rings. The van der Waals surface area contributed by atoms with Gasteiger partial charge in [-0.05, 0) is 0 Å². The smallest absolute Gasteiger partial charge is 0.0864 e. The van der Waals surface area contributed by atoms with E-state index in [1.54, 1.807) is 12.4 Å². The van der Waals surface area contributed by atoms with Gasteiger partial charge >= 0.3 is 0 Å². The SMILES string of the molecule is C1=CNC(C2C=NC=CN2)C=N1. The van der Waals surface area contributed by atoms with Crippen molar-refractivity contribution in [3.63, 3.8) is 0 Å². The zero-order chi connectivity index (χ0) is 8.23. The average Bonchev–Trinajstić information content (AvgIpc) is 2.21. The van der Waals surface area contributed by atoms with Gasteiger partial charge in [-0.25, -0.2) is 0 Å². The zero-order valence-corrected chi connectivity index (χ0v) is 6.51. The van der Waals surface area contributed by atoms with Gasteiger partial charge in [0.15, 0.2) is 0 Å². The quantitative estimate of drug-likeness (QED) is 0.570. The minimum absolute atomic E-state index is 0.198. The van der Waals surface area contributed by atoms with E-state index < -0.39 is 0 Å². The fourth-order valence-electron chi connectivity index (χ4n) is 1.16. The molecule has 2 heterocycles. The molecule has 0 amide bonds. The average molecular weight is 162 g/mol. The maximum Gasteiger partial charge on any atom is 0.0864 e. The predicted octanol–water partition coefficient (Wildman–Crippen LogP) is 0.0140. The van der Waals surface area contributed by atoms with Crippen LogP contribution in [0.3, 0.4) is 0 Å². The third-order valence-electron chi connectivity index (χ3n) is 1.78. The van der Waals surface area contributed by atoms with E-state index in [1.807, 2.05) is 24.8 Å². The summed E-state index contributed by atoms with van der Waals surface area (Å²) in [6.07, 6.45) is 10.8. The van der Waals surface area contributed by atoms with Crippen LogP contribution in [0, 0.1) is 0 Å². The largest absolute Gasteiger partial charge is 0.380 e. The van der Waals surface area contributed by atoms with E-state index >= 15 is 0 Å². The van der Waals surface area contributed by atoms with Crippen LogP contribution in [0.4, 0.5) is 0 Å². The van der Waals surface area contributed by atoms with Gasteiger partial charge in [0.1, 0.15) is 0 Å². The number of rotatable bonds is 1. The monoisotopic (exact) mass is 162 g/mol. The van der Waals surface area contributed by atoms with E-state index in [-0.39, 0.29) is 12.1 Å². The molecule has 0 spiro atoms. The fourth-order valence-corrected chi connectivity index (χ4v) is 1.16. The summed E-state index contributed by atoms with van der Waals surface area (Å²) in [5, 5.41) is 6.34.